The molecule has 1 aromatic rings. The number of nitrogens with zero attached hydrogens (tertiary/aromatic N) is 1. The zero-order valence-corrected chi connectivity index (χ0v) is 15.4. The molecule has 3 fully saturated rings. The van der Waals surface area contributed by atoms with Crippen LogP contribution in [0.3, 0.4) is 0 Å². The van der Waals surface area contributed by atoms with Crippen LogP contribution in [0, 0.1) is 11.8 Å². The molecule has 2 nitrogen and oxygen atoms in total. The van der Waals surface area contributed by atoms with Gasteiger partial charge in [0.25, 0.3) is 0 Å². The summed E-state index contributed by atoms with van der Waals surface area (Å²) in [7, 11) is 4.16. The Labute approximate surface area is 149 Å². The number of halogens is 2. The van der Waals surface area contributed by atoms with Crippen molar-refractivity contribution in [2.45, 2.75) is 49.6 Å². The Hall–Kier alpha value is -0.280. The molecule has 1 aromatic carbocycles. The maximum atomic E-state index is 6.37. The van der Waals surface area contributed by atoms with Gasteiger partial charge in [0.2, 0.25) is 0 Å². The van der Waals surface area contributed by atoms with Gasteiger partial charge in [0.05, 0.1) is 16.7 Å². The van der Waals surface area contributed by atoms with Gasteiger partial charge in [-0.3, -0.25) is 0 Å². The van der Waals surface area contributed by atoms with Gasteiger partial charge in [-0.15, -0.1) is 0 Å². The number of rotatable bonds is 4. The molecule has 1 unspecified atom stereocenters. The summed E-state index contributed by atoms with van der Waals surface area (Å²) in [5.41, 5.74) is 1.42. The molecule has 2 bridgehead atoms. The number of hydrogen-bond acceptors (Lipinski definition) is 2. The molecule has 4 rings (SSSR count). The minimum Gasteiger partial charge on any atom is -0.384 e. The predicted molar refractivity (Wildman–Crippen MR) is 95.4 cm³/mol. The standard InChI is InChI=1S/C19H25Cl2NO/c1-22-14-6-8-17(22)18(12-3-4-12)19(10-14,11-23-2)13-5-7-15(20)16(21)9-13/h5,7,9,12,14,17-18H,3-4,6,8,10-11H2,1-2H3/t14?,17-,18+,19-/m1/s1. The molecule has 2 aliphatic heterocycles. The summed E-state index contributed by atoms with van der Waals surface area (Å²) in [5.74, 6) is 1.51. The van der Waals surface area contributed by atoms with E-state index in [2.05, 4.69) is 24.1 Å². The summed E-state index contributed by atoms with van der Waals surface area (Å²) in [6.07, 6.45) is 6.55. The van der Waals surface area contributed by atoms with Crippen molar-refractivity contribution in [3.8, 4) is 0 Å². The van der Waals surface area contributed by atoms with E-state index in [0.29, 0.717) is 28.0 Å². The topological polar surface area (TPSA) is 12.5 Å². The van der Waals surface area contributed by atoms with E-state index in [9.17, 15) is 0 Å². The first kappa shape index (κ1) is 16.2. The third kappa shape index (κ3) is 2.54. The van der Waals surface area contributed by atoms with Crippen molar-refractivity contribution in [3.63, 3.8) is 0 Å². The first-order valence-electron chi connectivity index (χ1n) is 8.73. The molecule has 4 heteroatoms. The molecule has 0 amide bonds. The van der Waals surface area contributed by atoms with Crippen LogP contribution in [0.2, 0.25) is 10.0 Å². The molecule has 0 spiro atoms. The Morgan fingerprint density at radius 2 is 1.96 bits per heavy atom. The zero-order chi connectivity index (χ0) is 16.2. The average Bonchev–Trinajstić information content (AvgIpc) is 3.31. The van der Waals surface area contributed by atoms with Crippen molar-refractivity contribution >= 4 is 23.2 Å². The van der Waals surface area contributed by atoms with E-state index in [1.54, 1.807) is 0 Å². The summed E-state index contributed by atoms with van der Waals surface area (Å²) in [5, 5.41) is 1.31. The van der Waals surface area contributed by atoms with Crippen LogP contribution in [0.5, 0.6) is 0 Å². The van der Waals surface area contributed by atoms with E-state index >= 15 is 0 Å². The Balaban J connectivity index is 1.82. The second-order valence-electron chi connectivity index (χ2n) is 7.75. The molecule has 0 N–H and O–H groups in total. The summed E-state index contributed by atoms with van der Waals surface area (Å²) in [4.78, 5) is 2.65. The molecular weight excluding hydrogens is 329 g/mol. The highest BCUT2D eigenvalue weighted by Gasteiger charge is 2.58. The van der Waals surface area contributed by atoms with Gasteiger partial charge in [-0.2, -0.15) is 0 Å². The van der Waals surface area contributed by atoms with Gasteiger partial charge >= 0.3 is 0 Å². The minimum absolute atomic E-state index is 0.0858. The van der Waals surface area contributed by atoms with Crippen molar-refractivity contribution in [3.05, 3.63) is 33.8 Å². The van der Waals surface area contributed by atoms with E-state index in [1.165, 1.54) is 37.7 Å². The number of piperidine rings is 1. The molecule has 0 aromatic heterocycles. The van der Waals surface area contributed by atoms with Crippen LogP contribution in [0.15, 0.2) is 18.2 Å². The molecule has 0 radical (unpaired) electrons. The number of benzene rings is 1. The smallest absolute Gasteiger partial charge is 0.0595 e. The highest BCUT2D eigenvalue weighted by molar-refractivity contribution is 6.42. The Morgan fingerprint density at radius 1 is 1.17 bits per heavy atom. The summed E-state index contributed by atoms with van der Waals surface area (Å²) < 4.78 is 5.78. The van der Waals surface area contributed by atoms with E-state index in [-0.39, 0.29) is 5.41 Å². The van der Waals surface area contributed by atoms with Gasteiger partial charge in [-0.25, -0.2) is 0 Å². The molecule has 3 aliphatic rings. The van der Waals surface area contributed by atoms with Crippen LogP contribution in [0.25, 0.3) is 0 Å². The van der Waals surface area contributed by atoms with E-state index in [1.807, 2.05) is 13.2 Å². The van der Waals surface area contributed by atoms with Gasteiger partial charge in [-0.1, -0.05) is 29.3 Å². The minimum atomic E-state index is 0.0858. The van der Waals surface area contributed by atoms with Gasteiger partial charge in [0, 0.05) is 24.6 Å². The SMILES string of the molecule is COC[C@@]1(c2ccc(Cl)c(Cl)c2)CC2CC[C@H]([C@@H]1C1CC1)N2C. The van der Waals surface area contributed by atoms with Crippen molar-refractivity contribution in [1.82, 2.24) is 4.90 Å². The molecule has 126 valence electrons. The highest BCUT2D eigenvalue weighted by Crippen LogP contribution is 2.58. The number of hydrogen-bond donors (Lipinski definition) is 0. The maximum absolute atomic E-state index is 6.37. The second-order valence-corrected chi connectivity index (χ2v) is 8.56. The van der Waals surface area contributed by atoms with Crippen molar-refractivity contribution in [2.24, 2.45) is 11.8 Å². The monoisotopic (exact) mass is 353 g/mol. The van der Waals surface area contributed by atoms with Gasteiger partial charge < -0.3 is 9.64 Å². The molecule has 4 atom stereocenters. The lowest BCUT2D eigenvalue weighted by atomic mass is 9.61. The summed E-state index contributed by atoms with van der Waals surface area (Å²) >= 11 is 12.5. The summed E-state index contributed by atoms with van der Waals surface area (Å²) in [6, 6.07) is 7.60. The normalized spacial score (nSPS) is 37.3. The Morgan fingerprint density at radius 3 is 2.61 bits per heavy atom. The summed E-state index contributed by atoms with van der Waals surface area (Å²) in [6.45, 7) is 0.785. The van der Waals surface area contributed by atoms with Crippen LogP contribution in [-0.4, -0.2) is 37.7 Å². The third-order valence-corrected chi connectivity index (χ3v) is 7.31. The fraction of sp³-hybridized carbons (Fsp3) is 0.684. The van der Waals surface area contributed by atoms with Crippen molar-refractivity contribution in [1.29, 1.82) is 0 Å². The van der Waals surface area contributed by atoms with Crippen LogP contribution in [0.4, 0.5) is 0 Å². The first-order valence-corrected chi connectivity index (χ1v) is 9.49. The molecule has 1 saturated carbocycles. The number of ether oxygens (including phenoxy) is 1. The molecule has 2 saturated heterocycles. The Kier molecular flexibility index (Phi) is 4.16. The van der Waals surface area contributed by atoms with Gasteiger partial charge in [0.1, 0.15) is 0 Å². The van der Waals surface area contributed by atoms with Crippen LogP contribution < -0.4 is 0 Å². The lowest BCUT2D eigenvalue weighted by molar-refractivity contribution is -0.0151. The van der Waals surface area contributed by atoms with E-state index < -0.39 is 0 Å². The fourth-order valence-corrected chi connectivity index (χ4v) is 5.78. The van der Waals surface area contributed by atoms with Crippen molar-refractivity contribution < 1.29 is 4.74 Å². The average molecular weight is 354 g/mol. The third-order valence-electron chi connectivity index (χ3n) is 6.57. The lowest BCUT2D eigenvalue weighted by Gasteiger charge is -2.52. The van der Waals surface area contributed by atoms with Crippen LogP contribution >= 0.6 is 23.2 Å². The molecule has 2 heterocycles. The lowest BCUT2D eigenvalue weighted by Crippen LogP contribution is -2.57. The first-order chi connectivity index (χ1) is 11.1. The van der Waals surface area contributed by atoms with Crippen LogP contribution in [-0.2, 0) is 10.2 Å². The zero-order valence-electron chi connectivity index (χ0n) is 13.9. The maximum Gasteiger partial charge on any atom is 0.0595 e. The highest BCUT2D eigenvalue weighted by atomic mass is 35.5. The largest absolute Gasteiger partial charge is 0.384 e. The number of fused-ring (bicyclic) bond motifs is 2. The Bertz CT molecular complexity index is 603. The molecule has 1 aliphatic carbocycles. The van der Waals surface area contributed by atoms with Crippen molar-refractivity contribution in [2.75, 3.05) is 20.8 Å². The van der Waals surface area contributed by atoms with E-state index in [4.69, 9.17) is 27.9 Å². The van der Waals surface area contributed by atoms with E-state index in [0.717, 1.165) is 12.5 Å². The fourth-order valence-electron chi connectivity index (χ4n) is 5.48. The van der Waals surface area contributed by atoms with Gasteiger partial charge in [0.15, 0.2) is 0 Å². The quantitative estimate of drug-likeness (QED) is 0.772. The number of methoxy groups -OCH3 is 1. The molecular formula is C19H25Cl2NO. The second kappa shape index (κ2) is 5.91. The predicted octanol–water partition coefficient (Wildman–Crippen LogP) is 4.77. The van der Waals surface area contributed by atoms with Gasteiger partial charge in [-0.05, 0) is 68.7 Å². The molecule has 23 heavy (non-hydrogen) atoms. The van der Waals surface area contributed by atoms with Crippen LogP contribution in [0.1, 0.15) is 37.7 Å².